The molecule has 5 rings (SSSR count). The molecule has 0 unspecified atom stereocenters. The highest BCUT2D eigenvalue weighted by Crippen LogP contribution is 2.52. The summed E-state index contributed by atoms with van der Waals surface area (Å²) < 4.78 is 1.64. The number of hydrogen-bond acceptors (Lipinski definition) is 3. The fraction of sp³-hybridized carbons (Fsp3) is 0.227. The summed E-state index contributed by atoms with van der Waals surface area (Å²) in [7, 11) is 0. The molecular weight excluding hydrogens is 388 g/mol. The summed E-state index contributed by atoms with van der Waals surface area (Å²) in [6.45, 7) is 4.47. The number of carbonyl (C=O) groups is 2. The third kappa shape index (κ3) is 2.39. The Labute approximate surface area is 173 Å². The minimum atomic E-state index is -1.06. The number of aryl methyl sites for hydroxylation is 1. The number of hydrogen-bond donors (Lipinski definition) is 1. The summed E-state index contributed by atoms with van der Waals surface area (Å²) >= 11 is 6.15. The summed E-state index contributed by atoms with van der Waals surface area (Å²) in [5.41, 5.74) is 3.14. The highest BCUT2D eigenvalue weighted by Gasteiger charge is 2.56. The van der Waals surface area contributed by atoms with Crippen molar-refractivity contribution in [1.82, 2.24) is 9.78 Å². The topological polar surface area (TPSA) is 67.2 Å². The molecule has 2 amide bonds. The van der Waals surface area contributed by atoms with Crippen LogP contribution in [0.4, 0.5) is 11.5 Å². The number of anilines is 2. The second-order valence-corrected chi connectivity index (χ2v) is 7.94. The summed E-state index contributed by atoms with van der Waals surface area (Å²) in [6, 6.07) is 13.2. The van der Waals surface area contributed by atoms with Crippen molar-refractivity contribution in [1.29, 1.82) is 0 Å². The van der Waals surface area contributed by atoms with E-state index >= 15 is 0 Å². The van der Waals surface area contributed by atoms with Gasteiger partial charge in [0.25, 0.3) is 0 Å². The lowest BCUT2D eigenvalue weighted by atomic mass is 9.71. The zero-order valence-electron chi connectivity index (χ0n) is 16.1. The second-order valence-electron chi connectivity index (χ2n) is 7.50. The number of nitrogens with zero attached hydrogens (tertiary/aromatic N) is 3. The summed E-state index contributed by atoms with van der Waals surface area (Å²) in [4.78, 5) is 28.3. The molecule has 6 nitrogen and oxygen atoms in total. The average molecular weight is 407 g/mol. The van der Waals surface area contributed by atoms with Gasteiger partial charge in [0, 0.05) is 29.2 Å². The quantitative estimate of drug-likeness (QED) is 0.703. The number of halogens is 1. The van der Waals surface area contributed by atoms with Crippen LogP contribution in [0.3, 0.4) is 0 Å². The molecule has 0 aliphatic carbocycles. The Morgan fingerprint density at radius 1 is 1.17 bits per heavy atom. The van der Waals surface area contributed by atoms with E-state index in [4.69, 9.17) is 11.6 Å². The highest BCUT2D eigenvalue weighted by atomic mass is 35.5. The van der Waals surface area contributed by atoms with Crippen LogP contribution in [0.15, 0.2) is 48.7 Å². The molecule has 2 aromatic carbocycles. The number of likely N-dealkylation sites (N-methyl/N-ethyl adjacent to an activating group) is 1. The van der Waals surface area contributed by atoms with Crippen LogP contribution in [0, 0.1) is 6.92 Å². The van der Waals surface area contributed by atoms with E-state index in [-0.39, 0.29) is 18.2 Å². The average Bonchev–Trinajstić information content (AvgIpc) is 3.21. The van der Waals surface area contributed by atoms with Gasteiger partial charge >= 0.3 is 0 Å². The fourth-order valence-corrected chi connectivity index (χ4v) is 4.71. The summed E-state index contributed by atoms with van der Waals surface area (Å²) in [5.74, 6) is 0.227. The molecule has 29 heavy (non-hydrogen) atoms. The minimum Gasteiger partial charge on any atom is -0.311 e. The molecule has 0 bridgehead atoms. The minimum absolute atomic E-state index is 0.0625. The van der Waals surface area contributed by atoms with Crippen LogP contribution in [-0.4, -0.2) is 28.1 Å². The number of nitrogens with one attached hydrogen (secondary N) is 1. The molecule has 1 spiro atoms. The molecule has 0 radical (unpaired) electrons. The number of benzene rings is 2. The zero-order valence-corrected chi connectivity index (χ0v) is 16.8. The van der Waals surface area contributed by atoms with Gasteiger partial charge in [0.2, 0.25) is 11.8 Å². The molecule has 1 aromatic heterocycles. The van der Waals surface area contributed by atoms with E-state index in [1.54, 1.807) is 27.9 Å². The monoisotopic (exact) mass is 406 g/mol. The van der Waals surface area contributed by atoms with E-state index in [0.717, 1.165) is 22.5 Å². The lowest BCUT2D eigenvalue weighted by Crippen LogP contribution is -2.46. The number of carbonyl (C=O) groups excluding carboxylic acids is 2. The SMILES string of the molecule is CCN1C(=O)[C@@]2(CC(=O)Nc3c2cnn3-c2cccc(Cl)c2)c2cc(C)ccc21. The molecule has 0 fully saturated rings. The van der Waals surface area contributed by atoms with Crippen LogP contribution in [-0.2, 0) is 15.0 Å². The summed E-state index contributed by atoms with van der Waals surface area (Å²) in [5, 5.41) is 8.01. The van der Waals surface area contributed by atoms with E-state index in [9.17, 15) is 9.59 Å². The molecule has 2 aliphatic heterocycles. The van der Waals surface area contributed by atoms with Crippen molar-refractivity contribution in [3.8, 4) is 5.69 Å². The Morgan fingerprint density at radius 2 is 2.00 bits per heavy atom. The first-order valence-electron chi connectivity index (χ1n) is 9.53. The molecule has 7 heteroatoms. The molecule has 1 N–H and O–H groups in total. The molecule has 3 heterocycles. The van der Waals surface area contributed by atoms with Crippen molar-refractivity contribution in [3.05, 3.63) is 70.4 Å². The number of amides is 2. The highest BCUT2D eigenvalue weighted by molar-refractivity contribution is 6.30. The van der Waals surface area contributed by atoms with Gasteiger partial charge in [-0.1, -0.05) is 35.4 Å². The van der Waals surface area contributed by atoms with E-state index in [2.05, 4.69) is 10.4 Å². The maximum absolute atomic E-state index is 13.7. The van der Waals surface area contributed by atoms with Crippen LogP contribution >= 0.6 is 11.6 Å². The van der Waals surface area contributed by atoms with Crippen molar-refractivity contribution < 1.29 is 9.59 Å². The van der Waals surface area contributed by atoms with Gasteiger partial charge in [-0.25, -0.2) is 4.68 Å². The fourth-order valence-electron chi connectivity index (χ4n) is 4.52. The maximum Gasteiger partial charge on any atom is 0.242 e. The van der Waals surface area contributed by atoms with Crippen LogP contribution in [0.2, 0.25) is 5.02 Å². The standard InChI is InChI=1S/C22H19ClN4O2/c1-3-26-18-8-7-13(2)9-16(18)22(21(26)29)11-19(28)25-20-17(22)12-24-27(20)15-6-4-5-14(23)10-15/h4-10,12H,3,11H2,1-2H3,(H,25,28)/t22-/m0/s1. The van der Waals surface area contributed by atoms with Gasteiger partial charge in [-0.15, -0.1) is 0 Å². The maximum atomic E-state index is 13.7. The van der Waals surface area contributed by atoms with Crippen LogP contribution in [0.1, 0.15) is 30.0 Å². The molecule has 2 aliphatic rings. The third-order valence-electron chi connectivity index (χ3n) is 5.79. The smallest absolute Gasteiger partial charge is 0.242 e. The van der Waals surface area contributed by atoms with Gasteiger partial charge < -0.3 is 10.2 Å². The largest absolute Gasteiger partial charge is 0.311 e. The van der Waals surface area contributed by atoms with Gasteiger partial charge in [-0.2, -0.15) is 5.10 Å². The van der Waals surface area contributed by atoms with Crippen molar-refractivity contribution in [2.45, 2.75) is 25.7 Å². The van der Waals surface area contributed by atoms with E-state index in [0.29, 0.717) is 22.9 Å². The lowest BCUT2D eigenvalue weighted by molar-refractivity contribution is -0.126. The second kappa shape index (κ2) is 6.19. The molecule has 1 atom stereocenters. The van der Waals surface area contributed by atoms with E-state index in [1.807, 2.05) is 44.2 Å². The normalized spacial score (nSPS) is 20.0. The third-order valence-corrected chi connectivity index (χ3v) is 6.03. The van der Waals surface area contributed by atoms with Crippen molar-refractivity contribution in [2.24, 2.45) is 0 Å². The van der Waals surface area contributed by atoms with Crippen molar-refractivity contribution >= 4 is 34.9 Å². The summed E-state index contributed by atoms with van der Waals surface area (Å²) in [6.07, 6.45) is 1.76. The first-order valence-corrected chi connectivity index (χ1v) is 9.91. The van der Waals surface area contributed by atoms with E-state index < -0.39 is 5.41 Å². The Bertz CT molecular complexity index is 1190. The van der Waals surface area contributed by atoms with Gasteiger partial charge in [0.05, 0.1) is 11.9 Å². The predicted octanol–water partition coefficient (Wildman–Crippen LogP) is 3.83. The predicted molar refractivity (Wildman–Crippen MR) is 112 cm³/mol. The van der Waals surface area contributed by atoms with Gasteiger partial charge in [0.1, 0.15) is 11.2 Å². The Balaban J connectivity index is 1.79. The van der Waals surface area contributed by atoms with Crippen LogP contribution < -0.4 is 10.2 Å². The molecule has 0 saturated carbocycles. The molecule has 0 saturated heterocycles. The Hall–Kier alpha value is -3.12. The molecular formula is C22H19ClN4O2. The van der Waals surface area contributed by atoms with Crippen molar-refractivity contribution in [3.63, 3.8) is 0 Å². The molecule has 146 valence electrons. The number of fused-ring (bicyclic) bond motifs is 4. The Kier molecular flexibility index (Phi) is 3.83. The number of aromatic nitrogens is 2. The Morgan fingerprint density at radius 3 is 2.76 bits per heavy atom. The lowest BCUT2D eigenvalue weighted by Gasteiger charge is -2.32. The van der Waals surface area contributed by atoms with Crippen LogP contribution in [0.5, 0.6) is 0 Å². The van der Waals surface area contributed by atoms with Gasteiger partial charge in [0.15, 0.2) is 0 Å². The van der Waals surface area contributed by atoms with Gasteiger partial charge in [-0.3, -0.25) is 9.59 Å². The van der Waals surface area contributed by atoms with Gasteiger partial charge in [-0.05, 0) is 43.7 Å². The number of rotatable bonds is 2. The van der Waals surface area contributed by atoms with Crippen LogP contribution in [0.25, 0.3) is 5.69 Å². The molecule has 3 aromatic rings. The zero-order chi connectivity index (χ0) is 20.3. The van der Waals surface area contributed by atoms with Crippen molar-refractivity contribution in [2.75, 3.05) is 16.8 Å². The van der Waals surface area contributed by atoms with E-state index in [1.165, 1.54) is 0 Å². The first-order chi connectivity index (χ1) is 14.0. The first kappa shape index (κ1) is 17.9.